The number of nitrogens with zero attached hydrogens (tertiary/aromatic N) is 1. The van der Waals surface area contributed by atoms with Crippen LogP contribution in [0.3, 0.4) is 0 Å². The number of aliphatic hydroxyl groups is 1. The van der Waals surface area contributed by atoms with Crippen LogP contribution in [0.2, 0.25) is 0 Å². The molecule has 0 radical (unpaired) electrons. The fourth-order valence-corrected chi connectivity index (χ4v) is 3.03. The zero-order valence-electron chi connectivity index (χ0n) is 11.8. The summed E-state index contributed by atoms with van der Waals surface area (Å²) in [5.41, 5.74) is 0.723. The topological polar surface area (TPSA) is 119 Å². The van der Waals surface area contributed by atoms with Crippen LogP contribution in [0.5, 0.6) is 0 Å². The molecule has 0 heterocycles. The van der Waals surface area contributed by atoms with Gasteiger partial charge in [0.2, 0.25) is 10.0 Å². The van der Waals surface area contributed by atoms with Gasteiger partial charge in [-0.15, -0.1) is 0 Å². The first-order chi connectivity index (χ1) is 9.79. The van der Waals surface area contributed by atoms with Gasteiger partial charge >= 0.3 is 0 Å². The Morgan fingerprint density at radius 3 is 2.57 bits per heavy atom. The number of non-ortho nitro benzene ring substituents is 1. The van der Waals surface area contributed by atoms with Crippen molar-refractivity contribution in [3.63, 3.8) is 0 Å². The van der Waals surface area contributed by atoms with E-state index in [1.54, 1.807) is 13.8 Å². The van der Waals surface area contributed by atoms with Crippen molar-refractivity contribution in [2.24, 2.45) is 0 Å². The van der Waals surface area contributed by atoms with Gasteiger partial charge in [-0.2, -0.15) is 0 Å². The van der Waals surface area contributed by atoms with Crippen LogP contribution in [0.4, 0.5) is 5.69 Å². The van der Waals surface area contributed by atoms with Crippen molar-refractivity contribution in [2.45, 2.75) is 18.7 Å². The number of aliphatic hydroxyl groups excluding tert-OH is 1. The van der Waals surface area contributed by atoms with Crippen LogP contribution in [0.25, 0.3) is 0 Å². The average Bonchev–Trinajstić information content (AvgIpc) is 2.40. The van der Waals surface area contributed by atoms with Gasteiger partial charge in [0.15, 0.2) is 0 Å². The first-order valence-corrected chi connectivity index (χ1v) is 7.72. The molecule has 0 spiro atoms. The number of hydrogen-bond donors (Lipinski definition) is 2. The summed E-state index contributed by atoms with van der Waals surface area (Å²) in [6.07, 6.45) is 0. The molecule has 9 heteroatoms. The number of nitrogens with one attached hydrogen (secondary N) is 1. The number of nitro groups is 1. The van der Waals surface area contributed by atoms with Crippen LogP contribution in [-0.4, -0.2) is 44.8 Å². The van der Waals surface area contributed by atoms with Crippen LogP contribution in [0.1, 0.15) is 11.1 Å². The Morgan fingerprint density at radius 1 is 1.33 bits per heavy atom. The van der Waals surface area contributed by atoms with E-state index < -0.39 is 14.9 Å². The van der Waals surface area contributed by atoms with E-state index in [0.29, 0.717) is 11.1 Å². The number of aryl methyl sites for hydroxylation is 1. The Balaban J connectivity index is 2.94. The summed E-state index contributed by atoms with van der Waals surface area (Å²) >= 11 is 0. The van der Waals surface area contributed by atoms with Gasteiger partial charge in [0.05, 0.1) is 29.6 Å². The summed E-state index contributed by atoms with van der Waals surface area (Å²) in [7, 11) is -3.85. The predicted octanol–water partition coefficient (Wildman–Crippen LogP) is 0.499. The number of rotatable bonds is 8. The number of sulfonamides is 1. The normalized spacial score (nSPS) is 11.6. The minimum Gasteiger partial charge on any atom is -0.394 e. The minimum absolute atomic E-state index is 0.0174. The molecule has 0 saturated heterocycles. The molecule has 1 rings (SSSR count). The van der Waals surface area contributed by atoms with Crippen LogP contribution in [0.15, 0.2) is 17.0 Å². The van der Waals surface area contributed by atoms with Crippen molar-refractivity contribution in [3.05, 3.63) is 33.4 Å². The quantitative estimate of drug-likeness (QED) is 0.409. The highest BCUT2D eigenvalue weighted by Crippen LogP contribution is 2.25. The predicted molar refractivity (Wildman–Crippen MR) is 75.7 cm³/mol. The summed E-state index contributed by atoms with van der Waals surface area (Å²) in [6, 6.07) is 2.37. The third-order valence-electron chi connectivity index (χ3n) is 2.88. The van der Waals surface area contributed by atoms with E-state index in [1.165, 1.54) is 6.07 Å². The third-order valence-corrected chi connectivity index (χ3v) is 4.47. The molecule has 0 fully saturated rings. The van der Waals surface area contributed by atoms with Crippen LogP contribution in [-0.2, 0) is 14.8 Å². The van der Waals surface area contributed by atoms with Crippen molar-refractivity contribution >= 4 is 15.7 Å². The van der Waals surface area contributed by atoms with Crippen molar-refractivity contribution in [1.82, 2.24) is 4.72 Å². The van der Waals surface area contributed by atoms with Gasteiger partial charge in [-0.1, -0.05) is 0 Å². The van der Waals surface area contributed by atoms with Crippen LogP contribution >= 0.6 is 0 Å². The van der Waals surface area contributed by atoms with Gasteiger partial charge in [0.25, 0.3) is 5.69 Å². The maximum absolute atomic E-state index is 12.2. The van der Waals surface area contributed by atoms with Crippen LogP contribution < -0.4 is 4.72 Å². The molecule has 0 amide bonds. The molecular formula is C12H18N2O6S. The third kappa shape index (κ3) is 4.74. The van der Waals surface area contributed by atoms with E-state index in [2.05, 4.69) is 4.72 Å². The van der Waals surface area contributed by atoms with E-state index in [4.69, 9.17) is 9.84 Å². The molecule has 0 aliphatic carbocycles. The SMILES string of the molecule is Cc1cc([N+](=O)[O-])cc(S(=O)(=O)NCCOCCO)c1C. The van der Waals surface area contributed by atoms with Gasteiger partial charge in [0, 0.05) is 18.7 Å². The van der Waals surface area contributed by atoms with Crippen LogP contribution in [0, 0.1) is 24.0 Å². The molecule has 0 aromatic heterocycles. The second kappa shape index (κ2) is 7.46. The largest absolute Gasteiger partial charge is 0.394 e. The van der Waals surface area contributed by atoms with E-state index in [0.717, 1.165) is 6.07 Å². The van der Waals surface area contributed by atoms with Gasteiger partial charge in [0.1, 0.15) is 0 Å². The lowest BCUT2D eigenvalue weighted by Gasteiger charge is -2.11. The summed E-state index contributed by atoms with van der Waals surface area (Å²) in [5.74, 6) is 0. The van der Waals surface area contributed by atoms with Gasteiger partial charge in [-0.3, -0.25) is 10.1 Å². The molecule has 0 unspecified atom stereocenters. The summed E-state index contributed by atoms with van der Waals surface area (Å²) in [6.45, 7) is 3.31. The van der Waals surface area contributed by atoms with Crippen molar-refractivity contribution < 1.29 is 23.2 Å². The van der Waals surface area contributed by atoms with E-state index in [9.17, 15) is 18.5 Å². The highest BCUT2D eigenvalue weighted by atomic mass is 32.2. The molecule has 1 aromatic rings. The number of nitro benzene ring substituents is 1. The smallest absolute Gasteiger partial charge is 0.271 e. The minimum atomic E-state index is -3.85. The molecule has 0 saturated carbocycles. The maximum Gasteiger partial charge on any atom is 0.271 e. The second-order valence-corrected chi connectivity index (χ2v) is 6.11. The molecule has 0 aliphatic heterocycles. The Hall–Kier alpha value is -1.55. The van der Waals surface area contributed by atoms with E-state index >= 15 is 0 Å². The Kier molecular flexibility index (Phi) is 6.21. The molecule has 0 bridgehead atoms. The molecule has 1 aromatic carbocycles. The lowest BCUT2D eigenvalue weighted by atomic mass is 10.1. The molecule has 8 nitrogen and oxygen atoms in total. The zero-order valence-corrected chi connectivity index (χ0v) is 12.6. The highest BCUT2D eigenvalue weighted by Gasteiger charge is 2.21. The Bertz CT molecular complexity index is 614. The van der Waals surface area contributed by atoms with Gasteiger partial charge in [-0.05, 0) is 25.0 Å². The van der Waals surface area contributed by atoms with Crippen molar-refractivity contribution in [3.8, 4) is 0 Å². The fourth-order valence-electron chi connectivity index (χ4n) is 1.69. The Labute approximate surface area is 122 Å². The van der Waals surface area contributed by atoms with Gasteiger partial charge in [-0.25, -0.2) is 13.1 Å². The maximum atomic E-state index is 12.2. The van der Waals surface area contributed by atoms with Gasteiger partial charge < -0.3 is 9.84 Å². The summed E-state index contributed by atoms with van der Waals surface area (Å²) in [4.78, 5) is 10.1. The van der Waals surface area contributed by atoms with E-state index in [-0.39, 0.29) is 36.9 Å². The monoisotopic (exact) mass is 318 g/mol. The summed E-state index contributed by atoms with van der Waals surface area (Å²) < 4.78 is 31.6. The average molecular weight is 318 g/mol. The van der Waals surface area contributed by atoms with E-state index in [1.807, 2.05) is 0 Å². The summed E-state index contributed by atoms with van der Waals surface area (Å²) in [5, 5.41) is 19.3. The fraction of sp³-hybridized carbons (Fsp3) is 0.500. The molecular weight excluding hydrogens is 300 g/mol. The number of hydrogen-bond acceptors (Lipinski definition) is 6. The lowest BCUT2D eigenvalue weighted by molar-refractivity contribution is -0.385. The number of benzene rings is 1. The molecule has 21 heavy (non-hydrogen) atoms. The highest BCUT2D eigenvalue weighted by molar-refractivity contribution is 7.89. The lowest BCUT2D eigenvalue weighted by Crippen LogP contribution is -2.28. The number of ether oxygens (including phenoxy) is 1. The van der Waals surface area contributed by atoms with Crippen molar-refractivity contribution in [2.75, 3.05) is 26.4 Å². The molecule has 0 aliphatic rings. The Morgan fingerprint density at radius 2 is 2.00 bits per heavy atom. The zero-order chi connectivity index (χ0) is 16.0. The van der Waals surface area contributed by atoms with Crippen molar-refractivity contribution in [1.29, 1.82) is 0 Å². The first kappa shape index (κ1) is 17.5. The molecule has 118 valence electrons. The molecule has 2 N–H and O–H groups in total. The second-order valence-electron chi connectivity index (χ2n) is 4.38. The first-order valence-electron chi connectivity index (χ1n) is 6.23. The standard InChI is InChI=1S/C12H18N2O6S/c1-9-7-11(14(16)17)8-12(10(9)2)21(18,19)13-3-5-20-6-4-15/h7-8,13,15H,3-6H2,1-2H3. The molecule has 0 atom stereocenters.